The molecule has 160 valence electrons. The maximum Gasteiger partial charge on any atom is 0.530 e. The lowest BCUT2D eigenvalue weighted by Gasteiger charge is -2.35. The van der Waals surface area contributed by atoms with E-state index in [0.29, 0.717) is 22.4 Å². The van der Waals surface area contributed by atoms with Crippen molar-refractivity contribution in [2.24, 2.45) is 0 Å². The van der Waals surface area contributed by atoms with Gasteiger partial charge in [0.05, 0.1) is 18.0 Å². The largest absolute Gasteiger partial charge is 0.530 e. The number of nitriles is 1. The number of amides is 2. The summed E-state index contributed by atoms with van der Waals surface area (Å²) in [5, 5.41) is 19.0. The summed E-state index contributed by atoms with van der Waals surface area (Å²) in [7, 11) is 0. The number of rotatable bonds is 2. The molecule has 31 heavy (non-hydrogen) atoms. The fraction of sp³-hybridized carbons (Fsp3) is 0.476. The normalized spacial score (nSPS) is 25.8. The summed E-state index contributed by atoms with van der Waals surface area (Å²) < 4.78 is 10.8. The van der Waals surface area contributed by atoms with E-state index < -0.39 is 33.8 Å². The lowest BCUT2D eigenvalue weighted by atomic mass is 9.97. The van der Waals surface area contributed by atoms with E-state index in [1.807, 2.05) is 24.3 Å². The first kappa shape index (κ1) is 19.9. The molecule has 1 unspecified atom stereocenters. The molecule has 0 spiro atoms. The second-order valence-corrected chi connectivity index (χ2v) is 10.2. The van der Waals surface area contributed by atoms with Gasteiger partial charge in [-0.2, -0.15) is 10.1 Å². The molecule has 2 aliphatic heterocycles. The van der Waals surface area contributed by atoms with Crippen molar-refractivity contribution in [1.82, 2.24) is 19.6 Å². The lowest BCUT2D eigenvalue weighted by Crippen LogP contribution is -2.57. The summed E-state index contributed by atoms with van der Waals surface area (Å²) in [6, 6.07) is 9.78. The lowest BCUT2D eigenvalue weighted by molar-refractivity contribution is 0.0297. The average molecular weight is 441 g/mol. The second-order valence-electron chi connectivity index (χ2n) is 9.19. The van der Waals surface area contributed by atoms with Crippen molar-refractivity contribution in [3.63, 3.8) is 0 Å². The average Bonchev–Trinajstić information content (AvgIpc) is 3.17. The number of fused-ring (bicyclic) bond motifs is 5. The Balaban J connectivity index is 1.66. The Morgan fingerprint density at radius 3 is 2.65 bits per heavy atom. The minimum atomic E-state index is -0.745. The number of ether oxygens (including phenoxy) is 2. The highest BCUT2D eigenvalue weighted by atomic mass is 32.1. The van der Waals surface area contributed by atoms with Crippen molar-refractivity contribution in [1.29, 1.82) is 5.26 Å². The summed E-state index contributed by atoms with van der Waals surface area (Å²) in [4.78, 5) is 27.7. The first-order chi connectivity index (χ1) is 14.7. The Bertz CT molecular complexity index is 1110. The van der Waals surface area contributed by atoms with Crippen LogP contribution < -0.4 is 4.48 Å². The first-order valence-corrected chi connectivity index (χ1v) is 10.9. The van der Waals surface area contributed by atoms with Crippen LogP contribution in [0.25, 0.3) is 0 Å². The number of hydrogen-bond acceptors (Lipinski definition) is 8. The molecule has 1 aromatic heterocycles. The molecule has 2 amide bonds. The quantitative estimate of drug-likeness (QED) is 0.646. The Labute approximate surface area is 183 Å². The second kappa shape index (κ2) is 6.48. The molecule has 3 aliphatic rings. The van der Waals surface area contributed by atoms with Crippen LogP contribution in [-0.2, 0) is 14.9 Å². The Morgan fingerprint density at radius 1 is 1.32 bits per heavy atom. The molecule has 9 nitrogen and oxygen atoms in total. The van der Waals surface area contributed by atoms with Gasteiger partial charge in [-0.3, -0.25) is 4.90 Å². The summed E-state index contributed by atoms with van der Waals surface area (Å²) >= 11 is 1.25. The number of nitrogens with zero attached hydrogens (tertiary/aromatic N) is 5. The van der Waals surface area contributed by atoms with Gasteiger partial charge in [0.2, 0.25) is 0 Å². The van der Waals surface area contributed by atoms with Gasteiger partial charge < -0.3 is 9.47 Å². The van der Waals surface area contributed by atoms with Crippen molar-refractivity contribution < 1.29 is 19.1 Å². The van der Waals surface area contributed by atoms with E-state index >= 15 is 0 Å². The van der Waals surface area contributed by atoms with E-state index in [0.717, 1.165) is 18.4 Å². The predicted octanol–water partition coefficient (Wildman–Crippen LogP) is 4.13. The van der Waals surface area contributed by atoms with Gasteiger partial charge in [0.1, 0.15) is 5.60 Å². The van der Waals surface area contributed by atoms with Gasteiger partial charge in [0, 0.05) is 12.1 Å². The van der Waals surface area contributed by atoms with Gasteiger partial charge in [0.15, 0.2) is 23.5 Å². The number of carbonyl (C=O) groups excluding carboxylic acids is 2. The summed E-state index contributed by atoms with van der Waals surface area (Å²) in [6.07, 6.45) is 0.131. The maximum absolute atomic E-state index is 13.7. The van der Waals surface area contributed by atoms with Gasteiger partial charge in [-0.1, -0.05) is 17.2 Å². The molecule has 2 atom stereocenters. The molecule has 1 aliphatic carbocycles. The van der Waals surface area contributed by atoms with Crippen molar-refractivity contribution in [3.8, 4) is 6.07 Å². The SMILES string of the molecule is CC(C)(C)OC(=O)[N@+]1(c2ccc(C3(C#N)CC3)cc2)CN2CC(OC2=O)c2nnc1s2. The summed E-state index contributed by atoms with van der Waals surface area (Å²) in [5.41, 5.74) is 0.331. The molecular formula is C21H22N5O4S+. The summed E-state index contributed by atoms with van der Waals surface area (Å²) in [5.74, 6) is 0. The number of benzene rings is 1. The van der Waals surface area contributed by atoms with Gasteiger partial charge in [-0.15, -0.1) is 9.58 Å². The van der Waals surface area contributed by atoms with Gasteiger partial charge in [0.25, 0.3) is 0 Å². The van der Waals surface area contributed by atoms with Crippen molar-refractivity contribution in [2.75, 3.05) is 13.2 Å². The maximum atomic E-state index is 13.7. The van der Waals surface area contributed by atoms with Crippen LogP contribution in [0.2, 0.25) is 0 Å². The van der Waals surface area contributed by atoms with Gasteiger partial charge in [-0.05, 0) is 50.5 Å². The molecule has 1 aromatic carbocycles. The third-order valence-electron chi connectivity index (χ3n) is 5.83. The van der Waals surface area contributed by atoms with Crippen LogP contribution in [0.3, 0.4) is 0 Å². The third-order valence-corrected chi connectivity index (χ3v) is 6.96. The van der Waals surface area contributed by atoms with Crippen LogP contribution in [0.5, 0.6) is 0 Å². The number of quaternary nitrogens is 1. The smallest absolute Gasteiger partial charge is 0.437 e. The molecule has 10 heteroatoms. The Morgan fingerprint density at radius 2 is 2.03 bits per heavy atom. The predicted molar refractivity (Wildman–Crippen MR) is 111 cm³/mol. The van der Waals surface area contributed by atoms with Crippen molar-refractivity contribution >= 4 is 34.3 Å². The molecule has 5 rings (SSSR count). The molecule has 0 radical (unpaired) electrons. The third kappa shape index (κ3) is 3.07. The van der Waals surface area contributed by atoms with Gasteiger partial charge in [-0.25, -0.2) is 4.79 Å². The fourth-order valence-electron chi connectivity index (χ4n) is 3.98. The topological polar surface area (TPSA) is 105 Å². The minimum absolute atomic E-state index is 0.0123. The zero-order valence-corrected chi connectivity index (χ0v) is 18.3. The number of hydrogen-bond donors (Lipinski definition) is 0. The van der Waals surface area contributed by atoms with Crippen LogP contribution in [0.4, 0.5) is 20.4 Å². The van der Waals surface area contributed by atoms with Crippen LogP contribution in [0.15, 0.2) is 24.3 Å². The van der Waals surface area contributed by atoms with Gasteiger partial charge >= 0.3 is 17.3 Å². The van der Waals surface area contributed by atoms with Crippen molar-refractivity contribution in [3.05, 3.63) is 34.8 Å². The van der Waals surface area contributed by atoms with Crippen LogP contribution >= 0.6 is 11.3 Å². The molecule has 1 saturated carbocycles. The van der Waals surface area contributed by atoms with Crippen LogP contribution in [-0.4, -0.2) is 46.1 Å². The molecule has 0 N–H and O–H groups in total. The Hall–Kier alpha value is -3.03. The highest BCUT2D eigenvalue weighted by Gasteiger charge is 2.55. The Kier molecular flexibility index (Phi) is 4.16. The number of aromatic nitrogens is 2. The van der Waals surface area contributed by atoms with E-state index in [-0.39, 0.29) is 6.67 Å². The van der Waals surface area contributed by atoms with E-state index in [1.165, 1.54) is 16.2 Å². The molecular weight excluding hydrogens is 418 g/mol. The van der Waals surface area contributed by atoms with Crippen molar-refractivity contribution in [2.45, 2.75) is 50.7 Å². The van der Waals surface area contributed by atoms with E-state index in [4.69, 9.17) is 9.47 Å². The van der Waals surface area contributed by atoms with E-state index in [9.17, 15) is 14.9 Å². The minimum Gasteiger partial charge on any atom is -0.437 e. The standard InChI is InChI=1S/C21H22N5O4S/c1-20(2,3)30-19(28)26(14-6-4-13(5-7-14)21(11-22)8-9-21)12-25-10-15(29-18(25)27)16-23-24-17(26)31-16/h4-7,15H,8-10,12H2,1-3H3/q+1/t15?,26-/m0/s1. The number of carbonyl (C=O) groups is 2. The zero-order valence-electron chi connectivity index (χ0n) is 17.5. The molecule has 1 saturated heterocycles. The highest BCUT2D eigenvalue weighted by molar-refractivity contribution is 7.15. The first-order valence-electron chi connectivity index (χ1n) is 10.1. The summed E-state index contributed by atoms with van der Waals surface area (Å²) in [6.45, 7) is 5.67. The molecule has 3 heterocycles. The highest BCUT2D eigenvalue weighted by Crippen LogP contribution is 2.49. The molecule has 4 bridgehead atoms. The monoisotopic (exact) mass is 440 g/mol. The van der Waals surface area contributed by atoms with Crippen LogP contribution in [0, 0.1) is 11.3 Å². The fourth-order valence-corrected chi connectivity index (χ4v) is 4.98. The van der Waals surface area contributed by atoms with E-state index in [1.54, 1.807) is 20.8 Å². The van der Waals surface area contributed by atoms with E-state index in [2.05, 4.69) is 16.3 Å². The zero-order chi connectivity index (χ0) is 22.0. The van der Waals surface area contributed by atoms with Crippen LogP contribution in [0.1, 0.15) is 50.3 Å². The molecule has 2 aromatic rings. The molecule has 2 fully saturated rings.